The Labute approximate surface area is 199 Å². The molecule has 12 heteroatoms. The molecule has 10 nitrogen and oxygen atoms in total. The fraction of sp³-hybridized carbons (Fsp3) is 0.435. The summed E-state index contributed by atoms with van der Waals surface area (Å²) in [5.74, 6) is 0.910. The van der Waals surface area contributed by atoms with Gasteiger partial charge in [-0.3, -0.25) is 14.3 Å². The number of nitrogens with zero attached hydrogens (tertiary/aromatic N) is 5. The Bertz CT molecular complexity index is 1200. The highest BCUT2D eigenvalue weighted by Gasteiger charge is 2.26. The van der Waals surface area contributed by atoms with E-state index in [0.29, 0.717) is 43.2 Å². The number of pyridine rings is 1. The Kier molecular flexibility index (Phi) is 6.43. The molecule has 2 fully saturated rings. The van der Waals surface area contributed by atoms with E-state index in [4.69, 9.17) is 4.42 Å². The molecule has 1 aliphatic carbocycles. The normalized spacial score (nSPS) is 16.5. The van der Waals surface area contributed by atoms with Gasteiger partial charge in [0, 0.05) is 37.6 Å². The number of likely N-dealkylation sites (tertiary alicyclic amines) is 1. The van der Waals surface area contributed by atoms with Gasteiger partial charge in [-0.1, -0.05) is 0 Å². The van der Waals surface area contributed by atoms with Crippen LogP contribution in [-0.2, 0) is 4.79 Å². The number of hydrogen-bond donors (Lipinski definition) is 2. The van der Waals surface area contributed by atoms with Crippen molar-refractivity contribution in [2.24, 2.45) is 5.92 Å². The first-order valence-corrected chi connectivity index (χ1v) is 11.5. The van der Waals surface area contributed by atoms with Crippen molar-refractivity contribution in [3.8, 4) is 11.5 Å². The van der Waals surface area contributed by atoms with Gasteiger partial charge >= 0.3 is 0 Å². The number of amides is 2. The van der Waals surface area contributed by atoms with Gasteiger partial charge in [0.05, 0.1) is 11.7 Å². The van der Waals surface area contributed by atoms with Gasteiger partial charge in [-0.05, 0) is 43.7 Å². The van der Waals surface area contributed by atoms with Crippen molar-refractivity contribution in [2.45, 2.75) is 38.2 Å². The molecule has 0 unspecified atom stereocenters. The molecule has 1 saturated heterocycles. The van der Waals surface area contributed by atoms with Crippen molar-refractivity contribution < 1.29 is 22.8 Å². The predicted molar refractivity (Wildman–Crippen MR) is 122 cm³/mol. The first-order valence-electron chi connectivity index (χ1n) is 11.5. The predicted octanol–water partition coefficient (Wildman–Crippen LogP) is 3.74. The van der Waals surface area contributed by atoms with E-state index in [2.05, 4.69) is 25.7 Å². The van der Waals surface area contributed by atoms with E-state index < -0.39 is 18.0 Å². The molecule has 2 aliphatic rings. The van der Waals surface area contributed by atoms with Crippen LogP contribution in [0.15, 0.2) is 35.2 Å². The average molecular weight is 485 g/mol. The molecule has 0 spiro atoms. The summed E-state index contributed by atoms with van der Waals surface area (Å²) in [4.78, 5) is 33.8. The molecule has 0 bridgehead atoms. The molecule has 3 aromatic heterocycles. The summed E-state index contributed by atoms with van der Waals surface area (Å²) in [7, 11) is 0. The monoisotopic (exact) mass is 485 g/mol. The minimum absolute atomic E-state index is 0.0449. The second kappa shape index (κ2) is 9.80. The van der Waals surface area contributed by atoms with E-state index in [1.54, 1.807) is 23.2 Å². The number of oxazole rings is 1. The van der Waals surface area contributed by atoms with Crippen molar-refractivity contribution >= 4 is 23.8 Å². The Morgan fingerprint density at radius 3 is 2.77 bits per heavy atom. The lowest BCUT2D eigenvalue weighted by Crippen LogP contribution is -2.33. The van der Waals surface area contributed by atoms with E-state index in [0.717, 1.165) is 13.0 Å². The Morgan fingerprint density at radius 1 is 1.26 bits per heavy atom. The fourth-order valence-electron chi connectivity index (χ4n) is 4.03. The standard InChI is InChI=1S/C23H25F2N7O3/c24-21(25)20-17(11-32(30-20)16-4-7-31(13-33)8-5-16)28-22(34)18-12-35-23(29-18)15-3-6-26-19(9-15)27-10-14-1-2-14/h3,6,9,11-14,16,21H,1-2,4-5,7-8,10H2,(H,26,27)(H,28,34). The van der Waals surface area contributed by atoms with E-state index in [1.807, 2.05) is 0 Å². The number of aromatic nitrogens is 4. The van der Waals surface area contributed by atoms with Crippen LogP contribution in [-0.4, -0.2) is 56.6 Å². The van der Waals surface area contributed by atoms with E-state index in [-0.39, 0.29) is 23.3 Å². The van der Waals surface area contributed by atoms with Gasteiger partial charge in [0.15, 0.2) is 11.4 Å². The van der Waals surface area contributed by atoms with Crippen molar-refractivity contribution in [2.75, 3.05) is 30.3 Å². The van der Waals surface area contributed by atoms with Crippen LogP contribution in [0.25, 0.3) is 11.5 Å². The highest BCUT2D eigenvalue weighted by molar-refractivity contribution is 6.03. The molecule has 0 aromatic carbocycles. The smallest absolute Gasteiger partial charge is 0.284 e. The highest BCUT2D eigenvalue weighted by Crippen LogP contribution is 2.31. The molecule has 0 radical (unpaired) electrons. The minimum Gasteiger partial charge on any atom is -0.444 e. The molecule has 5 rings (SSSR count). The lowest BCUT2D eigenvalue weighted by Gasteiger charge is -2.29. The summed E-state index contributed by atoms with van der Waals surface area (Å²) in [5.41, 5.74) is -0.0000925. The van der Waals surface area contributed by atoms with Gasteiger partial charge in [0.1, 0.15) is 12.1 Å². The summed E-state index contributed by atoms with van der Waals surface area (Å²) >= 11 is 0. The summed E-state index contributed by atoms with van der Waals surface area (Å²) in [5, 5.41) is 9.77. The molecule has 1 aliphatic heterocycles. The van der Waals surface area contributed by atoms with Gasteiger partial charge < -0.3 is 20.0 Å². The Morgan fingerprint density at radius 2 is 2.06 bits per heavy atom. The lowest BCUT2D eigenvalue weighted by atomic mass is 10.1. The van der Waals surface area contributed by atoms with Crippen molar-refractivity contribution in [3.63, 3.8) is 0 Å². The highest BCUT2D eigenvalue weighted by atomic mass is 19.3. The number of carbonyl (C=O) groups excluding carboxylic acids is 2. The zero-order valence-electron chi connectivity index (χ0n) is 18.9. The summed E-state index contributed by atoms with van der Waals surface area (Å²) in [6, 6.07) is 3.36. The summed E-state index contributed by atoms with van der Waals surface area (Å²) < 4.78 is 34.2. The number of anilines is 2. The number of carbonyl (C=O) groups is 2. The molecule has 2 amide bonds. The molecular weight excluding hydrogens is 460 g/mol. The van der Waals surface area contributed by atoms with Crippen molar-refractivity contribution in [1.82, 2.24) is 24.6 Å². The van der Waals surface area contributed by atoms with E-state index >= 15 is 0 Å². The van der Waals surface area contributed by atoms with Gasteiger partial charge in [-0.15, -0.1) is 0 Å². The van der Waals surface area contributed by atoms with Gasteiger partial charge in [-0.25, -0.2) is 18.7 Å². The number of piperidine rings is 1. The van der Waals surface area contributed by atoms with Crippen LogP contribution in [0.1, 0.15) is 54.3 Å². The Balaban J connectivity index is 1.28. The van der Waals surface area contributed by atoms with Crippen LogP contribution in [0, 0.1) is 5.92 Å². The van der Waals surface area contributed by atoms with E-state index in [9.17, 15) is 18.4 Å². The van der Waals surface area contributed by atoms with Crippen LogP contribution in [0.2, 0.25) is 0 Å². The number of nitrogens with one attached hydrogen (secondary N) is 2. The summed E-state index contributed by atoms with van der Waals surface area (Å²) in [6.07, 6.45) is 5.74. The van der Waals surface area contributed by atoms with Crippen LogP contribution >= 0.6 is 0 Å². The number of halogens is 2. The maximum atomic E-state index is 13.6. The molecular formula is C23H25F2N7O3. The van der Waals surface area contributed by atoms with Crippen molar-refractivity contribution in [3.05, 3.63) is 42.2 Å². The van der Waals surface area contributed by atoms with Gasteiger partial charge in [-0.2, -0.15) is 5.10 Å². The average Bonchev–Trinajstić information content (AvgIpc) is 3.39. The largest absolute Gasteiger partial charge is 0.444 e. The lowest BCUT2D eigenvalue weighted by molar-refractivity contribution is -0.119. The topological polar surface area (TPSA) is 118 Å². The third-order valence-electron chi connectivity index (χ3n) is 6.25. The quantitative estimate of drug-likeness (QED) is 0.443. The third-order valence-corrected chi connectivity index (χ3v) is 6.25. The molecule has 3 aromatic rings. The number of rotatable bonds is 9. The summed E-state index contributed by atoms with van der Waals surface area (Å²) in [6.45, 7) is 1.90. The molecule has 0 atom stereocenters. The SMILES string of the molecule is O=CN1CCC(n2cc(NC(=O)c3coc(-c4ccnc(NCC5CC5)c4)n3)c(C(F)F)n2)CC1. The second-order valence-electron chi connectivity index (χ2n) is 8.83. The minimum atomic E-state index is -2.87. The Hall–Kier alpha value is -3.83. The third kappa shape index (κ3) is 5.31. The zero-order valence-corrected chi connectivity index (χ0v) is 18.9. The first kappa shape index (κ1) is 22.9. The number of alkyl halides is 2. The molecule has 35 heavy (non-hydrogen) atoms. The maximum absolute atomic E-state index is 13.6. The zero-order chi connectivity index (χ0) is 24.4. The van der Waals surface area contributed by atoms with Crippen molar-refractivity contribution in [1.29, 1.82) is 0 Å². The fourth-order valence-corrected chi connectivity index (χ4v) is 4.03. The number of hydrogen-bond acceptors (Lipinski definition) is 7. The van der Waals surface area contributed by atoms with Crippen LogP contribution in [0.5, 0.6) is 0 Å². The van der Waals surface area contributed by atoms with Gasteiger partial charge in [0.2, 0.25) is 12.3 Å². The molecule has 4 heterocycles. The van der Waals surface area contributed by atoms with Crippen LogP contribution in [0.3, 0.4) is 0 Å². The van der Waals surface area contributed by atoms with Crippen LogP contribution in [0.4, 0.5) is 20.3 Å². The molecule has 2 N–H and O–H groups in total. The maximum Gasteiger partial charge on any atom is 0.284 e. The molecule has 184 valence electrons. The first-order chi connectivity index (χ1) is 17.0. The van der Waals surface area contributed by atoms with E-state index in [1.165, 1.54) is 30.0 Å². The molecule has 1 saturated carbocycles. The second-order valence-corrected chi connectivity index (χ2v) is 8.83. The van der Waals surface area contributed by atoms with Crippen LogP contribution < -0.4 is 10.6 Å². The van der Waals surface area contributed by atoms with Gasteiger partial charge in [0.25, 0.3) is 12.3 Å².